The van der Waals surface area contributed by atoms with Crippen molar-refractivity contribution in [1.82, 2.24) is 20.4 Å². The molecule has 1 aromatic carbocycles. The van der Waals surface area contributed by atoms with Crippen LogP contribution in [0.5, 0.6) is 0 Å². The van der Waals surface area contributed by atoms with Crippen LogP contribution in [0.3, 0.4) is 0 Å². The molecule has 0 spiro atoms. The highest BCUT2D eigenvalue weighted by molar-refractivity contribution is 5.92. The van der Waals surface area contributed by atoms with E-state index in [1.54, 1.807) is 6.20 Å². The average molecular weight is 301 g/mol. The number of hydrogen-bond acceptors (Lipinski definition) is 3. The van der Waals surface area contributed by atoms with Crippen LogP contribution in [0.25, 0.3) is 0 Å². The molecule has 7 heteroatoms. The lowest BCUT2D eigenvalue weighted by atomic mass is 10.2. The summed E-state index contributed by atoms with van der Waals surface area (Å²) < 4.78 is 1.82. The van der Waals surface area contributed by atoms with Crippen molar-refractivity contribution in [2.45, 2.75) is 13.5 Å². The number of hydrogen-bond donors (Lipinski definition) is 3. The van der Waals surface area contributed by atoms with Crippen molar-refractivity contribution in [3.05, 3.63) is 48.3 Å². The fourth-order valence-electron chi connectivity index (χ4n) is 1.87. The number of likely N-dealkylation sites (N-methyl/N-ethyl adjacent to an activating group) is 1. The number of amides is 3. The van der Waals surface area contributed by atoms with Gasteiger partial charge in [0.05, 0.1) is 13.1 Å². The van der Waals surface area contributed by atoms with Crippen molar-refractivity contribution < 1.29 is 9.59 Å². The van der Waals surface area contributed by atoms with Crippen LogP contribution in [0.15, 0.2) is 42.7 Å². The molecule has 22 heavy (non-hydrogen) atoms. The van der Waals surface area contributed by atoms with Gasteiger partial charge in [0.25, 0.3) is 0 Å². The van der Waals surface area contributed by atoms with E-state index >= 15 is 0 Å². The minimum Gasteiger partial charge on any atom is -0.355 e. The molecular weight excluding hydrogens is 282 g/mol. The molecule has 0 fully saturated rings. The molecule has 0 bridgehead atoms. The van der Waals surface area contributed by atoms with E-state index in [1.165, 1.54) is 0 Å². The van der Waals surface area contributed by atoms with Crippen LogP contribution < -0.4 is 16.0 Å². The molecule has 3 N–H and O–H groups in total. The zero-order valence-corrected chi connectivity index (χ0v) is 12.4. The van der Waals surface area contributed by atoms with Gasteiger partial charge in [0.1, 0.15) is 0 Å². The fraction of sp³-hybridized carbons (Fsp3) is 0.267. The zero-order valence-electron chi connectivity index (χ0n) is 12.4. The van der Waals surface area contributed by atoms with E-state index in [0.29, 0.717) is 18.8 Å². The Morgan fingerprint density at radius 1 is 1.18 bits per heavy atom. The summed E-state index contributed by atoms with van der Waals surface area (Å²) >= 11 is 0. The molecule has 7 nitrogen and oxygen atoms in total. The van der Waals surface area contributed by atoms with Crippen LogP contribution in [0, 0.1) is 0 Å². The number of aromatic nitrogens is 2. The SMILES string of the molecule is CCNC(=O)CNC(=O)Nc1ccc(Cn2cccn2)cc1. The van der Waals surface area contributed by atoms with Gasteiger partial charge in [-0.1, -0.05) is 12.1 Å². The molecule has 2 rings (SSSR count). The predicted octanol–water partition coefficient (Wildman–Crippen LogP) is 1.19. The molecule has 1 aromatic heterocycles. The second-order valence-corrected chi connectivity index (χ2v) is 4.66. The van der Waals surface area contributed by atoms with Crippen LogP contribution >= 0.6 is 0 Å². The Hall–Kier alpha value is -2.83. The maximum atomic E-state index is 11.6. The first kappa shape index (κ1) is 15.6. The van der Waals surface area contributed by atoms with Crippen molar-refractivity contribution >= 4 is 17.6 Å². The highest BCUT2D eigenvalue weighted by atomic mass is 16.2. The summed E-state index contributed by atoms with van der Waals surface area (Å²) in [5, 5.41) is 11.9. The lowest BCUT2D eigenvalue weighted by molar-refractivity contribution is -0.119. The second-order valence-electron chi connectivity index (χ2n) is 4.66. The van der Waals surface area contributed by atoms with Gasteiger partial charge < -0.3 is 16.0 Å². The first-order valence-electron chi connectivity index (χ1n) is 7.05. The van der Waals surface area contributed by atoms with Gasteiger partial charge in [0.2, 0.25) is 5.91 Å². The van der Waals surface area contributed by atoms with Crippen molar-refractivity contribution in [2.24, 2.45) is 0 Å². The number of carbonyl (C=O) groups is 2. The van der Waals surface area contributed by atoms with Crippen molar-refractivity contribution in [1.29, 1.82) is 0 Å². The maximum absolute atomic E-state index is 11.6. The van der Waals surface area contributed by atoms with Crippen LogP contribution in [0.1, 0.15) is 12.5 Å². The van der Waals surface area contributed by atoms with E-state index in [0.717, 1.165) is 5.56 Å². The highest BCUT2D eigenvalue weighted by Crippen LogP contribution is 2.10. The topological polar surface area (TPSA) is 88.0 Å². The predicted molar refractivity (Wildman–Crippen MR) is 83.5 cm³/mol. The minimum atomic E-state index is -0.411. The lowest BCUT2D eigenvalue weighted by Gasteiger charge is -2.08. The maximum Gasteiger partial charge on any atom is 0.319 e. The normalized spacial score (nSPS) is 10.0. The number of nitrogens with zero attached hydrogens (tertiary/aromatic N) is 2. The van der Waals surface area contributed by atoms with Gasteiger partial charge in [-0.25, -0.2) is 4.79 Å². The number of urea groups is 1. The Labute approximate surface area is 128 Å². The number of benzene rings is 1. The standard InChI is InChI=1S/C15H19N5O2/c1-2-16-14(21)10-17-15(22)19-13-6-4-12(5-7-13)11-20-9-3-8-18-20/h3-9H,2,10-11H2,1H3,(H,16,21)(H2,17,19,22). The molecule has 0 atom stereocenters. The first-order valence-corrected chi connectivity index (χ1v) is 7.05. The van der Waals surface area contributed by atoms with Gasteiger partial charge in [0.15, 0.2) is 0 Å². The number of carbonyl (C=O) groups excluding carboxylic acids is 2. The van der Waals surface area contributed by atoms with E-state index in [4.69, 9.17) is 0 Å². The quantitative estimate of drug-likeness (QED) is 0.749. The monoisotopic (exact) mass is 301 g/mol. The summed E-state index contributed by atoms with van der Waals surface area (Å²) in [6.45, 7) is 3.00. The Bertz CT molecular complexity index is 607. The fourth-order valence-corrected chi connectivity index (χ4v) is 1.87. The third-order valence-corrected chi connectivity index (χ3v) is 2.90. The van der Waals surface area contributed by atoms with Crippen molar-refractivity contribution in [3.63, 3.8) is 0 Å². The lowest BCUT2D eigenvalue weighted by Crippen LogP contribution is -2.38. The molecule has 1 heterocycles. The van der Waals surface area contributed by atoms with E-state index in [2.05, 4.69) is 21.0 Å². The molecule has 0 aliphatic heterocycles. The molecule has 0 saturated heterocycles. The summed E-state index contributed by atoms with van der Waals surface area (Å²) in [4.78, 5) is 22.9. The van der Waals surface area contributed by atoms with E-state index < -0.39 is 6.03 Å². The van der Waals surface area contributed by atoms with Crippen LogP contribution in [-0.2, 0) is 11.3 Å². The van der Waals surface area contributed by atoms with Crippen molar-refractivity contribution in [3.8, 4) is 0 Å². The molecule has 0 unspecified atom stereocenters. The Morgan fingerprint density at radius 3 is 2.59 bits per heavy atom. The number of nitrogens with one attached hydrogen (secondary N) is 3. The van der Waals surface area contributed by atoms with E-state index in [-0.39, 0.29) is 12.5 Å². The Morgan fingerprint density at radius 2 is 1.95 bits per heavy atom. The van der Waals surface area contributed by atoms with Gasteiger partial charge in [-0.2, -0.15) is 5.10 Å². The van der Waals surface area contributed by atoms with Gasteiger partial charge >= 0.3 is 6.03 Å². The van der Waals surface area contributed by atoms with Gasteiger partial charge in [0, 0.05) is 24.6 Å². The molecule has 3 amide bonds. The summed E-state index contributed by atoms with van der Waals surface area (Å²) in [5.41, 5.74) is 1.74. The third kappa shape index (κ3) is 4.93. The Balaban J connectivity index is 1.80. The van der Waals surface area contributed by atoms with E-state index in [9.17, 15) is 9.59 Å². The molecule has 0 saturated carbocycles. The largest absolute Gasteiger partial charge is 0.355 e. The average Bonchev–Trinajstić information content (AvgIpc) is 3.00. The zero-order chi connectivity index (χ0) is 15.8. The number of rotatable bonds is 6. The first-order chi connectivity index (χ1) is 10.7. The summed E-state index contributed by atoms with van der Waals surface area (Å²) in [6, 6.07) is 8.91. The smallest absolute Gasteiger partial charge is 0.319 e. The highest BCUT2D eigenvalue weighted by Gasteiger charge is 2.04. The molecule has 116 valence electrons. The molecule has 0 radical (unpaired) electrons. The van der Waals surface area contributed by atoms with Gasteiger partial charge in [-0.3, -0.25) is 9.48 Å². The van der Waals surface area contributed by atoms with Crippen LogP contribution in [-0.4, -0.2) is 34.8 Å². The van der Waals surface area contributed by atoms with Crippen molar-refractivity contribution in [2.75, 3.05) is 18.4 Å². The van der Waals surface area contributed by atoms with Gasteiger partial charge in [-0.05, 0) is 30.7 Å². The van der Waals surface area contributed by atoms with Crippen LogP contribution in [0.4, 0.5) is 10.5 Å². The Kier molecular flexibility index (Phi) is 5.53. The second kappa shape index (κ2) is 7.82. The number of anilines is 1. The summed E-state index contributed by atoms with van der Waals surface area (Å²) in [6.07, 6.45) is 3.62. The minimum absolute atomic E-state index is 0.0446. The van der Waals surface area contributed by atoms with E-state index in [1.807, 2.05) is 48.1 Å². The molecular formula is C15H19N5O2. The summed E-state index contributed by atoms with van der Waals surface area (Å²) in [7, 11) is 0. The summed E-state index contributed by atoms with van der Waals surface area (Å²) in [5.74, 6) is -0.216. The van der Waals surface area contributed by atoms with Crippen LogP contribution in [0.2, 0.25) is 0 Å². The molecule has 2 aromatic rings. The molecule has 0 aliphatic carbocycles. The van der Waals surface area contributed by atoms with Gasteiger partial charge in [-0.15, -0.1) is 0 Å². The molecule has 0 aliphatic rings. The third-order valence-electron chi connectivity index (χ3n) is 2.90.